The van der Waals surface area contributed by atoms with Crippen LogP contribution in [0, 0.1) is 17.2 Å². The highest BCUT2D eigenvalue weighted by atomic mass is 16.2. The van der Waals surface area contributed by atoms with E-state index in [9.17, 15) is 4.79 Å². The van der Waals surface area contributed by atoms with E-state index in [1.54, 1.807) is 11.1 Å². The maximum Gasteiger partial charge on any atom is 0.317 e. The van der Waals surface area contributed by atoms with Crippen LogP contribution < -0.4 is 5.32 Å². The van der Waals surface area contributed by atoms with E-state index in [1.807, 2.05) is 18.2 Å². The number of carbonyl (C=O) groups excluding carboxylic acids is 1. The Morgan fingerprint density at radius 2 is 2.45 bits per heavy atom. The van der Waals surface area contributed by atoms with Gasteiger partial charge in [0, 0.05) is 31.5 Å². The van der Waals surface area contributed by atoms with E-state index in [4.69, 9.17) is 5.26 Å². The highest BCUT2D eigenvalue weighted by molar-refractivity contribution is 5.74. The first-order chi connectivity index (χ1) is 9.79. The normalized spacial score (nSPS) is 18.4. The van der Waals surface area contributed by atoms with Crippen molar-refractivity contribution in [1.29, 1.82) is 5.26 Å². The lowest BCUT2D eigenvalue weighted by molar-refractivity contribution is 0.176. The summed E-state index contributed by atoms with van der Waals surface area (Å²) in [6, 6.07) is 8.05. The number of nitrogens with zero attached hydrogens (tertiary/aromatic N) is 3. The zero-order valence-electron chi connectivity index (χ0n) is 11.6. The van der Waals surface area contributed by atoms with Crippen LogP contribution in [0.15, 0.2) is 24.4 Å². The summed E-state index contributed by atoms with van der Waals surface area (Å²) in [4.78, 5) is 18.0. The zero-order chi connectivity index (χ0) is 14.2. The molecule has 2 amide bonds. The van der Waals surface area contributed by atoms with Gasteiger partial charge >= 0.3 is 6.03 Å². The zero-order valence-corrected chi connectivity index (χ0v) is 11.6. The molecule has 5 nitrogen and oxygen atoms in total. The van der Waals surface area contributed by atoms with Gasteiger partial charge in [-0.15, -0.1) is 0 Å². The number of pyridine rings is 1. The number of aryl methyl sites for hydroxylation is 1. The molecule has 1 fully saturated rings. The van der Waals surface area contributed by atoms with Crippen LogP contribution in [0.1, 0.15) is 25.0 Å². The molecule has 1 aliphatic rings. The predicted octanol–water partition coefficient (Wildman–Crippen LogP) is 1.96. The van der Waals surface area contributed by atoms with Crippen molar-refractivity contribution >= 4 is 6.03 Å². The fourth-order valence-electron chi connectivity index (χ4n) is 2.39. The number of aromatic nitrogens is 1. The first kappa shape index (κ1) is 14.3. The van der Waals surface area contributed by atoms with Crippen LogP contribution in [0.3, 0.4) is 0 Å². The number of rotatable bonds is 4. The molecule has 1 aromatic rings. The highest BCUT2D eigenvalue weighted by Crippen LogP contribution is 2.15. The molecule has 5 heteroatoms. The van der Waals surface area contributed by atoms with Crippen molar-refractivity contribution in [2.24, 2.45) is 5.92 Å². The summed E-state index contributed by atoms with van der Waals surface area (Å²) in [6.45, 7) is 1.95. The van der Waals surface area contributed by atoms with Crippen molar-refractivity contribution in [2.75, 3.05) is 19.6 Å². The first-order valence-electron chi connectivity index (χ1n) is 7.12. The molecule has 0 radical (unpaired) electrons. The second-order valence-corrected chi connectivity index (χ2v) is 5.07. The van der Waals surface area contributed by atoms with Gasteiger partial charge in [0.25, 0.3) is 0 Å². The molecule has 2 rings (SSSR count). The Hall–Kier alpha value is -2.09. The third-order valence-corrected chi connectivity index (χ3v) is 3.50. The van der Waals surface area contributed by atoms with Crippen molar-refractivity contribution < 1.29 is 4.79 Å². The average molecular weight is 272 g/mol. The van der Waals surface area contributed by atoms with Crippen LogP contribution in [0.25, 0.3) is 0 Å². The number of amides is 2. The predicted molar refractivity (Wildman–Crippen MR) is 75.9 cm³/mol. The smallest absolute Gasteiger partial charge is 0.317 e. The number of urea groups is 1. The number of hydrogen-bond donors (Lipinski definition) is 1. The number of piperidine rings is 1. The lowest BCUT2D eigenvalue weighted by atomic mass is 10.0. The van der Waals surface area contributed by atoms with E-state index in [-0.39, 0.29) is 11.9 Å². The van der Waals surface area contributed by atoms with Crippen LogP contribution in [0.2, 0.25) is 0 Å². The topological polar surface area (TPSA) is 69.0 Å². The summed E-state index contributed by atoms with van der Waals surface area (Å²) < 4.78 is 0. The SMILES string of the molecule is N#C[C@@H]1CCCN(C(=O)NCCCc2ccccn2)C1. The Morgan fingerprint density at radius 3 is 3.20 bits per heavy atom. The number of nitriles is 1. The minimum Gasteiger partial charge on any atom is -0.338 e. The number of nitrogens with one attached hydrogen (secondary N) is 1. The molecule has 20 heavy (non-hydrogen) atoms. The Labute approximate surface area is 119 Å². The van der Waals surface area contributed by atoms with Gasteiger partial charge in [-0.3, -0.25) is 4.98 Å². The molecule has 1 aliphatic heterocycles. The maximum atomic E-state index is 12.0. The van der Waals surface area contributed by atoms with E-state index < -0.39 is 0 Å². The fraction of sp³-hybridized carbons (Fsp3) is 0.533. The molecule has 106 valence electrons. The standard InChI is InChI=1S/C15H20N4O/c16-11-13-5-4-10-19(12-13)15(20)18-9-3-7-14-6-1-2-8-17-14/h1-2,6,8,13H,3-5,7,9-10,12H2,(H,18,20)/t13-/m0/s1. The van der Waals surface area contributed by atoms with E-state index in [0.717, 1.165) is 37.9 Å². The summed E-state index contributed by atoms with van der Waals surface area (Å²) in [6.07, 6.45) is 5.34. The van der Waals surface area contributed by atoms with Gasteiger partial charge in [-0.2, -0.15) is 5.26 Å². The maximum absolute atomic E-state index is 12.0. The Kier molecular flexibility index (Phi) is 5.36. The van der Waals surface area contributed by atoms with Crippen LogP contribution >= 0.6 is 0 Å². The molecule has 0 aromatic carbocycles. The van der Waals surface area contributed by atoms with Gasteiger partial charge in [-0.1, -0.05) is 6.07 Å². The van der Waals surface area contributed by atoms with E-state index in [2.05, 4.69) is 16.4 Å². The van der Waals surface area contributed by atoms with Crippen LogP contribution in [0.5, 0.6) is 0 Å². The lowest BCUT2D eigenvalue weighted by Crippen LogP contribution is -2.45. The summed E-state index contributed by atoms with van der Waals surface area (Å²) in [5.41, 5.74) is 1.05. The minimum atomic E-state index is -0.0500. The van der Waals surface area contributed by atoms with Gasteiger partial charge in [-0.25, -0.2) is 4.79 Å². The molecule has 1 N–H and O–H groups in total. The van der Waals surface area contributed by atoms with Gasteiger partial charge in [0.05, 0.1) is 12.0 Å². The Balaban J connectivity index is 1.66. The van der Waals surface area contributed by atoms with Crippen LogP contribution in [-0.4, -0.2) is 35.5 Å². The van der Waals surface area contributed by atoms with Crippen molar-refractivity contribution in [3.63, 3.8) is 0 Å². The second-order valence-electron chi connectivity index (χ2n) is 5.07. The summed E-state index contributed by atoms with van der Waals surface area (Å²) in [5, 5.41) is 11.8. The van der Waals surface area contributed by atoms with Crippen molar-refractivity contribution in [1.82, 2.24) is 15.2 Å². The molecule has 0 aliphatic carbocycles. The van der Waals surface area contributed by atoms with Gasteiger partial charge in [0.1, 0.15) is 0 Å². The van der Waals surface area contributed by atoms with E-state index >= 15 is 0 Å². The van der Waals surface area contributed by atoms with Crippen molar-refractivity contribution in [3.05, 3.63) is 30.1 Å². The number of carbonyl (C=O) groups is 1. The molecule has 1 saturated heterocycles. The number of likely N-dealkylation sites (tertiary alicyclic amines) is 1. The molecule has 1 aromatic heterocycles. The average Bonchev–Trinajstić information content (AvgIpc) is 2.52. The third-order valence-electron chi connectivity index (χ3n) is 3.50. The lowest BCUT2D eigenvalue weighted by Gasteiger charge is -2.29. The van der Waals surface area contributed by atoms with Crippen molar-refractivity contribution in [2.45, 2.75) is 25.7 Å². The number of hydrogen-bond acceptors (Lipinski definition) is 3. The second kappa shape index (κ2) is 7.49. The Morgan fingerprint density at radius 1 is 1.55 bits per heavy atom. The summed E-state index contributed by atoms with van der Waals surface area (Å²) in [5.74, 6) is -0.0111. The Bertz CT molecular complexity index is 469. The summed E-state index contributed by atoms with van der Waals surface area (Å²) in [7, 11) is 0. The van der Waals surface area contributed by atoms with E-state index in [1.165, 1.54) is 0 Å². The van der Waals surface area contributed by atoms with Gasteiger partial charge in [-0.05, 0) is 37.8 Å². The molecule has 2 heterocycles. The molecular weight excluding hydrogens is 252 g/mol. The summed E-state index contributed by atoms with van der Waals surface area (Å²) >= 11 is 0. The third kappa shape index (κ3) is 4.23. The van der Waals surface area contributed by atoms with Crippen molar-refractivity contribution in [3.8, 4) is 6.07 Å². The fourth-order valence-corrected chi connectivity index (χ4v) is 2.39. The monoisotopic (exact) mass is 272 g/mol. The quantitative estimate of drug-likeness (QED) is 0.852. The van der Waals surface area contributed by atoms with E-state index in [0.29, 0.717) is 13.1 Å². The van der Waals surface area contributed by atoms with Crippen LogP contribution in [-0.2, 0) is 6.42 Å². The highest BCUT2D eigenvalue weighted by Gasteiger charge is 2.22. The van der Waals surface area contributed by atoms with Gasteiger partial charge < -0.3 is 10.2 Å². The molecule has 0 bridgehead atoms. The van der Waals surface area contributed by atoms with Gasteiger partial charge in [0.15, 0.2) is 0 Å². The van der Waals surface area contributed by atoms with Crippen LogP contribution in [0.4, 0.5) is 4.79 Å². The minimum absolute atomic E-state index is 0.0111. The largest absolute Gasteiger partial charge is 0.338 e. The molecule has 0 saturated carbocycles. The molecule has 0 unspecified atom stereocenters. The molecule has 1 atom stereocenters. The molecular formula is C15H20N4O. The van der Waals surface area contributed by atoms with Gasteiger partial charge in [0.2, 0.25) is 0 Å². The first-order valence-corrected chi connectivity index (χ1v) is 7.12. The molecule has 0 spiro atoms.